The Balaban J connectivity index is 1.84. The lowest BCUT2D eigenvalue weighted by molar-refractivity contribution is 0.631. The maximum atomic E-state index is 2.53. The average molecular weight is 237 g/mol. The number of hydrogen-bond donors (Lipinski definition) is 0. The summed E-state index contributed by atoms with van der Waals surface area (Å²) >= 11 is 0. The first-order valence-corrected chi connectivity index (χ1v) is 6.77. The second-order valence-corrected chi connectivity index (χ2v) is 4.95. The van der Waals surface area contributed by atoms with Gasteiger partial charge in [-0.15, -0.1) is 0 Å². The first-order valence-electron chi connectivity index (χ1n) is 6.77. The van der Waals surface area contributed by atoms with Crippen LogP contribution in [0.2, 0.25) is 0 Å². The highest BCUT2D eigenvalue weighted by atomic mass is 15.2. The summed E-state index contributed by atoms with van der Waals surface area (Å²) in [5.41, 5.74) is 4.39. The molecule has 0 unspecified atom stereocenters. The van der Waals surface area contributed by atoms with Crippen molar-refractivity contribution >= 4 is 5.69 Å². The van der Waals surface area contributed by atoms with Crippen LogP contribution in [0.15, 0.2) is 54.6 Å². The molecule has 3 rings (SSSR count). The van der Waals surface area contributed by atoms with Crippen LogP contribution in [-0.2, 0) is 12.8 Å². The summed E-state index contributed by atoms with van der Waals surface area (Å²) in [6, 6.07) is 20.2. The highest BCUT2D eigenvalue weighted by Crippen LogP contribution is 2.28. The first kappa shape index (κ1) is 11.3. The van der Waals surface area contributed by atoms with E-state index < -0.39 is 0 Å². The molecule has 0 saturated carbocycles. The van der Waals surface area contributed by atoms with Crippen molar-refractivity contribution in [2.45, 2.75) is 25.8 Å². The maximum Gasteiger partial charge on any atom is 0.0370 e. The number of likely N-dealkylation sites (N-methyl/N-ethyl adjacent to an activating group) is 1. The zero-order valence-corrected chi connectivity index (χ0v) is 10.8. The molecule has 1 aliphatic rings. The fourth-order valence-electron chi connectivity index (χ4n) is 3.03. The summed E-state index contributed by atoms with van der Waals surface area (Å²) in [7, 11) is 0. The molecule has 2 aromatic rings. The van der Waals surface area contributed by atoms with Gasteiger partial charge in [0.15, 0.2) is 0 Å². The molecule has 0 aliphatic heterocycles. The molecule has 92 valence electrons. The summed E-state index contributed by atoms with van der Waals surface area (Å²) in [5.74, 6) is 0. The van der Waals surface area contributed by atoms with Crippen molar-refractivity contribution in [3.8, 4) is 0 Å². The fourth-order valence-corrected chi connectivity index (χ4v) is 3.03. The molecule has 0 spiro atoms. The Kier molecular flexibility index (Phi) is 3.06. The third-order valence-electron chi connectivity index (χ3n) is 3.90. The molecule has 0 N–H and O–H groups in total. The fraction of sp³-hybridized carbons (Fsp3) is 0.294. The van der Waals surface area contributed by atoms with Crippen molar-refractivity contribution < 1.29 is 0 Å². The Bertz CT molecular complexity index is 493. The monoisotopic (exact) mass is 237 g/mol. The average Bonchev–Trinajstić information content (AvgIpc) is 2.84. The molecule has 1 aliphatic carbocycles. The van der Waals surface area contributed by atoms with Gasteiger partial charge in [-0.2, -0.15) is 0 Å². The van der Waals surface area contributed by atoms with E-state index in [4.69, 9.17) is 0 Å². The van der Waals surface area contributed by atoms with Gasteiger partial charge in [0.2, 0.25) is 0 Å². The Morgan fingerprint density at radius 1 is 0.889 bits per heavy atom. The number of anilines is 1. The van der Waals surface area contributed by atoms with E-state index in [1.165, 1.54) is 29.7 Å². The number of benzene rings is 2. The third kappa shape index (κ3) is 2.01. The molecule has 1 heteroatoms. The molecule has 18 heavy (non-hydrogen) atoms. The minimum atomic E-state index is 0.620. The molecule has 0 saturated heterocycles. The van der Waals surface area contributed by atoms with Crippen LogP contribution in [0.25, 0.3) is 0 Å². The summed E-state index contributed by atoms with van der Waals surface area (Å²) in [6.45, 7) is 3.32. The van der Waals surface area contributed by atoms with Gasteiger partial charge in [0.05, 0.1) is 0 Å². The molecular weight excluding hydrogens is 218 g/mol. The van der Waals surface area contributed by atoms with E-state index in [1.807, 2.05) is 0 Å². The summed E-state index contributed by atoms with van der Waals surface area (Å²) in [4.78, 5) is 2.53. The van der Waals surface area contributed by atoms with Crippen LogP contribution in [0.1, 0.15) is 18.1 Å². The third-order valence-corrected chi connectivity index (χ3v) is 3.90. The highest BCUT2D eigenvalue weighted by molar-refractivity contribution is 5.49. The van der Waals surface area contributed by atoms with Crippen LogP contribution >= 0.6 is 0 Å². The van der Waals surface area contributed by atoms with Crippen molar-refractivity contribution in [3.63, 3.8) is 0 Å². The van der Waals surface area contributed by atoms with Gasteiger partial charge in [-0.25, -0.2) is 0 Å². The Hall–Kier alpha value is -1.76. The molecular formula is C17H19N. The lowest BCUT2D eigenvalue weighted by Crippen LogP contribution is -2.35. The molecule has 0 atom stereocenters. The smallest absolute Gasteiger partial charge is 0.0370 e. The van der Waals surface area contributed by atoms with E-state index >= 15 is 0 Å². The van der Waals surface area contributed by atoms with Gasteiger partial charge in [-0.1, -0.05) is 42.5 Å². The lowest BCUT2D eigenvalue weighted by atomic mass is 10.1. The van der Waals surface area contributed by atoms with Gasteiger partial charge in [0.1, 0.15) is 0 Å². The minimum Gasteiger partial charge on any atom is -0.368 e. The summed E-state index contributed by atoms with van der Waals surface area (Å²) in [6.07, 6.45) is 2.36. The Morgan fingerprint density at radius 2 is 1.44 bits per heavy atom. The standard InChI is InChI=1S/C17H19N/c1-2-18(16-10-4-3-5-11-16)17-12-14-8-6-7-9-15(14)13-17/h3-11,17H,2,12-13H2,1H3. The van der Waals surface area contributed by atoms with E-state index in [9.17, 15) is 0 Å². The van der Waals surface area contributed by atoms with Crippen LogP contribution in [0.5, 0.6) is 0 Å². The van der Waals surface area contributed by atoms with Gasteiger partial charge in [0, 0.05) is 18.3 Å². The van der Waals surface area contributed by atoms with Gasteiger partial charge >= 0.3 is 0 Å². The van der Waals surface area contributed by atoms with E-state index in [1.54, 1.807) is 0 Å². The van der Waals surface area contributed by atoms with E-state index in [-0.39, 0.29) is 0 Å². The number of rotatable bonds is 3. The topological polar surface area (TPSA) is 3.24 Å². The molecule has 0 amide bonds. The zero-order chi connectivity index (χ0) is 12.4. The molecule has 0 bridgehead atoms. The maximum absolute atomic E-state index is 2.53. The van der Waals surface area contributed by atoms with Crippen LogP contribution in [0.4, 0.5) is 5.69 Å². The lowest BCUT2D eigenvalue weighted by Gasteiger charge is -2.30. The van der Waals surface area contributed by atoms with Gasteiger partial charge < -0.3 is 4.90 Å². The minimum absolute atomic E-state index is 0.620. The molecule has 0 heterocycles. The molecule has 2 aromatic carbocycles. The molecule has 0 radical (unpaired) electrons. The number of nitrogens with zero attached hydrogens (tertiary/aromatic N) is 1. The van der Waals surface area contributed by atoms with Gasteiger partial charge in [-0.3, -0.25) is 0 Å². The van der Waals surface area contributed by atoms with Crippen LogP contribution in [-0.4, -0.2) is 12.6 Å². The second kappa shape index (κ2) is 4.85. The molecule has 1 nitrogen and oxygen atoms in total. The van der Waals surface area contributed by atoms with Crippen molar-refractivity contribution in [2.75, 3.05) is 11.4 Å². The van der Waals surface area contributed by atoms with E-state index in [0.29, 0.717) is 6.04 Å². The van der Waals surface area contributed by atoms with Crippen LogP contribution in [0, 0.1) is 0 Å². The van der Waals surface area contributed by atoms with Crippen molar-refractivity contribution in [2.24, 2.45) is 0 Å². The van der Waals surface area contributed by atoms with Crippen molar-refractivity contribution in [3.05, 3.63) is 65.7 Å². The number of fused-ring (bicyclic) bond motifs is 1. The largest absolute Gasteiger partial charge is 0.368 e. The number of para-hydroxylation sites is 1. The predicted octanol–water partition coefficient (Wildman–Crippen LogP) is 3.68. The van der Waals surface area contributed by atoms with E-state index in [0.717, 1.165) is 6.54 Å². The second-order valence-electron chi connectivity index (χ2n) is 4.95. The van der Waals surface area contributed by atoms with Gasteiger partial charge in [-0.05, 0) is 43.0 Å². The van der Waals surface area contributed by atoms with Crippen molar-refractivity contribution in [1.29, 1.82) is 0 Å². The van der Waals surface area contributed by atoms with E-state index in [2.05, 4.69) is 66.4 Å². The summed E-state index contributed by atoms with van der Waals surface area (Å²) < 4.78 is 0. The highest BCUT2D eigenvalue weighted by Gasteiger charge is 2.25. The Labute approximate surface area is 109 Å². The van der Waals surface area contributed by atoms with Crippen LogP contribution < -0.4 is 4.90 Å². The van der Waals surface area contributed by atoms with Crippen molar-refractivity contribution in [1.82, 2.24) is 0 Å². The summed E-state index contributed by atoms with van der Waals surface area (Å²) in [5, 5.41) is 0. The first-order chi connectivity index (χ1) is 8.88. The molecule has 0 fully saturated rings. The predicted molar refractivity (Wildman–Crippen MR) is 77.1 cm³/mol. The Morgan fingerprint density at radius 3 is 2.00 bits per heavy atom. The SMILES string of the molecule is CCN(c1ccccc1)C1Cc2ccccc2C1. The quantitative estimate of drug-likeness (QED) is 0.787. The normalized spacial score (nSPS) is 14.5. The zero-order valence-electron chi connectivity index (χ0n) is 10.8. The number of hydrogen-bond acceptors (Lipinski definition) is 1. The molecule has 0 aromatic heterocycles. The van der Waals surface area contributed by atoms with Gasteiger partial charge in [0.25, 0.3) is 0 Å². The van der Waals surface area contributed by atoms with Crippen LogP contribution in [0.3, 0.4) is 0 Å².